The number of para-hydroxylation sites is 1. The second-order valence-corrected chi connectivity index (χ2v) is 10.0. The van der Waals surface area contributed by atoms with Gasteiger partial charge in [-0.15, -0.1) is 0 Å². The summed E-state index contributed by atoms with van der Waals surface area (Å²) in [5.41, 5.74) is 0.352. The topological polar surface area (TPSA) is 128 Å². The molecule has 3 rings (SSSR count). The smallest absolute Gasteiger partial charge is 0.299 e. The molecule has 0 aliphatic heterocycles. The Balaban J connectivity index is 1.72. The van der Waals surface area contributed by atoms with E-state index in [1.807, 2.05) is 24.3 Å². The number of hydrogen-bond donors (Lipinski definition) is 3. The number of nitrogens with two attached hydrogens (primary N) is 1. The summed E-state index contributed by atoms with van der Waals surface area (Å²) in [7, 11) is -4.28. The van der Waals surface area contributed by atoms with Crippen LogP contribution in [0.15, 0.2) is 58.7 Å². The largest absolute Gasteiger partial charge is 0.456 e. The van der Waals surface area contributed by atoms with Gasteiger partial charge in [0, 0.05) is 6.42 Å². The minimum atomic E-state index is -4.28. The predicted octanol–water partition coefficient (Wildman–Crippen LogP) is 3.99. The fourth-order valence-corrected chi connectivity index (χ4v) is 4.38. The van der Waals surface area contributed by atoms with Crippen molar-refractivity contribution in [1.29, 1.82) is 0 Å². The Morgan fingerprint density at radius 1 is 1.09 bits per heavy atom. The first-order valence-electron chi connectivity index (χ1n) is 10.6. The highest BCUT2D eigenvalue weighted by atomic mass is 79.9. The Kier molecular flexibility index (Phi) is 8.65. The molecule has 33 heavy (non-hydrogen) atoms. The van der Waals surface area contributed by atoms with Crippen molar-refractivity contribution in [3.05, 3.63) is 64.3 Å². The first-order valence-corrected chi connectivity index (χ1v) is 12.9. The number of halogens is 1. The minimum Gasteiger partial charge on any atom is -0.456 e. The summed E-state index contributed by atoms with van der Waals surface area (Å²) in [6.07, 6.45) is 6.94. The fraction of sp³-hybridized carbons (Fsp3) is 0.304. The van der Waals surface area contributed by atoms with Gasteiger partial charge in [-0.2, -0.15) is 8.42 Å². The van der Waals surface area contributed by atoms with Crippen molar-refractivity contribution >= 4 is 44.0 Å². The lowest BCUT2D eigenvalue weighted by Gasteiger charge is -2.12. The number of benzene rings is 2. The minimum absolute atomic E-state index is 0.208. The molecule has 1 saturated carbocycles. The van der Waals surface area contributed by atoms with Crippen molar-refractivity contribution in [2.24, 2.45) is 11.1 Å². The Morgan fingerprint density at radius 3 is 2.39 bits per heavy atom. The summed E-state index contributed by atoms with van der Waals surface area (Å²) in [5.74, 6) is 0.351. The SMILES string of the molecule is NS(=O)(=O)NC(=O)/C(=C\c1ccc(Oc2ccccc2Br)cc1)NC(=O)CCC1CCCC1. The molecule has 0 unspecified atom stereocenters. The lowest BCUT2D eigenvalue weighted by molar-refractivity contribution is -0.123. The zero-order valence-electron chi connectivity index (χ0n) is 17.9. The zero-order valence-corrected chi connectivity index (χ0v) is 20.3. The van der Waals surface area contributed by atoms with Gasteiger partial charge in [0.05, 0.1) is 4.47 Å². The van der Waals surface area contributed by atoms with Crippen LogP contribution in [-0.2, 0) is 19.8 Å². The normalized spacial score (nSPS) is 14.7. The Bertz CT molecular complexity index is 1130. The zero-order chi connectivity index (χ0) is 23.8. The van der Waals surface area contributed by atoms with E-state index in [-0.39, 0.29) is 18.0 Å². The van der Waals surface area contributed by atoms with Gasteiger partial charge in [-0.25, -0.2) is 9.86 Å². The van der Waals surface area contributed by atoms with Crippen LogP contribution in [0, 0.1) is 5.92 Å². The Labute approximate surface area is 201 Å². The summed E-state index contributed by atoms with van der Waals surface area (Å²) in [6.45, 7) is 0. The molecule has 10 heteroatoms. The number of nitrogens with one attached hydrogen (secondary N) is 2. The van der Waals surface area contributed by atoms with Crippen molar-refractivity contribution in [2.45, 2.75) is 38.5 Å². The average Bonchev–Trinajstić information content (AvgIpc) is 3.27. The number of ether oxygens (including phenoxy) is 1. The number of carbonyl (C=O) groups is 2. The molecule has 0 heterocycles. The summed E-state index contributed by atoms with van der Waals surface area (Å²) < 4.78 is 30.9. The van der Waals surface area contributed by atoms with Gasteiger partial charge in [0.15, 0.2) is 0 Å². The lowest BCUT2D eigenvalue weighted by Crippen LogP contribution is -2.41. The third kappa shape index (κ3) is 8.30. The second-order valence-electron chi connectivity index (χ2n) is 7.87. The number of rotatable bonds is 9. The van der Waals surface area contributed by atoms with E-state index in [0.717, 1.165) is 23.7 Å². The molecule has 2 aromatic carbocycles. The number of amides is 2. The van der Waals surface area contributed by atoms with Crippen LogP contribution in [0.2, 0.25) is 0 Å². The highest BCUT2D eigenvalue weighted by Gasteiger charge is 2.20. The highest BCUT2D eigenvalue weighted by Crippen LogP contribution is 2.30. The molecule has 0 bridgehead atoms. The summed E-state index contributed by atoms with van der Waals surface area (Å²) in [5, 5.41) is 7.45. The molecular weight excluding hydrogens is 510 g/mol. The Morgan fingerprint density at radius 2 is 1.76 bits per heavy atom. The van der Waals surface area contributed by atoms with Gasteiger partial charge < -0.3 is 10.1 Å². The van der Waals surface area contributed by atoms with Crippen LogP contribution < -0.4 is 19.9 Å². The third-order valence-electron chi connectivity index (χ3n) is 5.26. The van der Waals surface area contributed by atoms with E-state index in [2.05, 4.69) is 21.2 Å². The molecule has 0 atom stereocenters. The third-order valence-corrected chi connectivity index (χ3v) is 6.39. The van der Waals surface area contributed by atoms with Gasteiger partial charge in [0.25, 0.3) is 16.1 Å². The van der Waals surface area contributed by atoms with Crippen LogP contribution in [0.4, 0.5) is 0 Å². The van der Waals surface area contributed by atoms with Gasteiger partial charge in [0.1, 0.15) is 17.2 Å². The van der Waals surface area contributed by atoms with Crippen molar-refractivity contribution in [1.82, 2.24) is 10.0 Å². The predicted molar refractivity (Wildman–Crippen MR) is 129 cm³/mol. The summed E-state index contributed by atoms with van der Waals surface area (Å²) >= 11 is 3.42. The molecular formula is C23H26BrN3O5S. The quantitative estimate of drug-likeness (QED) is 0.418. The molecule has 1 aliphatic rings. The maximum absolute atomic E-state index is 12.4. The molecule has 1 fully saturated rings. The van der Waals surface area contributed by atoms with Gasteiger partial charge in [0.2, 0.25) is 5.91 Å². The molecule has 0 spiro atoms. The first-order chi connectivity index (χ1) is 15.7. The summed E-state index contributed by atoms with van der Waals surface area (Å²) in [6, 6.07) is 14.2. The molecule has 4 N–H and O–H groups in total. The van der Waals surface area contributed by atoms with Gasteiger partial charge in [-0.3, -0.25) is 9.59 Å². The van der Waals surface area contributed by atoms with Crippen molar-refractivity contribution in [3.63, 3.8) is 0 Å². The van der Waals surface area contributed by atoms with Crippen molar-refractivity contribution in [2.75, 3.05) is 0 Å². The maximum Gasteiger partial charge on any atom is 0.299 e. The molecule has 0 aromatic heterocycles. The van der Waals surface area contributed by atoms with Crippen molar-refractivity contribution < 1.29 is 22.7 Å². The van der Waals surface area contributed by atoms with Crippen LogP contribution in [0.3, 0.4) is 0 Å². The van der Waals surface area contributed by atoms with E-state index in [0.29, 0.717) is 23.0 Å². The van der Waals surface area contributed by atoms with Crippen LogP contribution in [0.5, 0.6) is 11.5 Å². The van der Waals surface area contributed by atoms with Crippen LogP contribution >= 0.6 is 15.9 Å². The maximum atomic E-state index is 12.4. The van der Waals surface area contributed by atoms with E-state index in [4.69, 9.17) is 9.88 Å². The molecule has 2 aromatic rings. The van der Waals surface area contributed by atoms with E-state index in [9.17, 15) is 18.0 Å². The molecule has 1 aliphatic carbocycles. The number of carbonyl (C=O) groups excluding carboxylic acids is 2. The monoisotopic (exact) mass is 535 g/mol. The van der Waals surface area contributed by atoms with Gasteiger partial charge in [-0.05, 0) is 64.2 Å². The lowest BCUT2D eigenvalue weighted by atomic mass is 10.0. The molecule has 0 radical (unpaired) electrons. The van der Waals surface area contributed by atoms with Gasteiger partial charge >= 0.3 is 0 Å². The molecule has 0 saturated heterocycles. The molecule has 176 valence electrons. The number of hydrogen-bond acceptors (Lipinski definition) is 5. The standard InChI is InChI=1S/C23H26BrN3O5S/c24-19-7-3-4-8-21(19)32-18-12-9-17(10-13-18)15-20(23(29)27-33(25,30)31)26-22(28)14-11-16-5-1-2-6-16/h3-4,7-10,12-13,15-16H,1-2,5-6,11,14H2,(H,26,28)(H,27,29)(H2,25,30,31)/b20-15+. The van der Waals surface area contributed by atoms with E-state index in [1.165, 1.54) is 18.9 Å². The highest BCUT2D eigenvalue weighted by molar-refractivity contribution is 9.10. The summed E-state index contributed by atoms with van der Waals surface area (Å²) in [4.78, 5) is 24.8. The average molecular weight is 536 g/mol. The molecule has 2 amide bonds. The van der Waals surface area contributed by atoms with E-state index >= 15 is 0 Å². The van der Waals surface area contributed by atoms with Gasteiger partial charge in [-0.1, -0.05) is 49.9 Å². The van der Waals surface area contributed by atoms with Crippen molar-refractivity contribution in [3.8, 4) is 11.5 Å². The fourth-order valence-electron chi connectivity index (χ4n) is 3.64. The van der Waals surface area contributed by atoms with E-state index in [1.54, 1.807) is 29.0 Å². The van der Waals surface area contributed by atoms with E-state index < -0.39 is 16.1 Å². The van der Waals surface area contributed by atoms with Crippen LogP contribution in [0.25, 0.3) is 6.08 Å². The molecule has 8 nitrogen and oxygen atoms in total. The first kappa shape index (κ1) is 24.9. The van der Waals surface area contributed by atoms with Crippen LogP contribution in [-0.4, -0.2) is 20.2 Å². The second kappa shape index (κ2) is 11.4. The Hall–Kier alpha value is -2.69. The van der Waals surface area contributed by atoms with Crippen LogP contribution in [0.1, 0.15) is 44.1 Å².